The maximum absolute atomic E-state index is 4.91. The lowest BCUT2D eigenvalue weighted by molar-refractivity contribution is 0.426. The third kappa shape index (κ3) is 1.34. The Labute approximate surface area is 75.2 Å². The predicted octanol–water partition coefficient (Wildman–Crippen LogP) is 2.56. The van der Waals surface area contributed by atoms with Gasteiger partial charge in [0.15, 0.2) is 0 Å². The van der Waals surface area contributed by atoms with Crippen LogP contribution in [0.2, 0.25) is 0 Å². The SMILES string of the molecule is Brc1noc(-c2ccsc2)n1. The number of hydrogen-bond acceptors (Lipinski definition) is 4. The second-order valence-corrected chi connectivity index (χ2v) is 3.37. The molecule has 0 atom stereocenters. The van der Waals surface area contributed by atoms with Gasteiger partial charge >= 0.3 is 0 Å². The molecule has 0 amide bonds. The molecule has 2 rings (SSSR count). The highest BCUT2D eigenvalue weighted by atomic mass is 79.9. The molecule has 5 heteroatoms. The van der Waals surface area contributed by atoms with Gasteiger partial charge in [0.1, 0.15) is 0 Å². The number of rotatable bonds is 1. The van der Waals surface area contributed by atoms with Crippen molar-refractivity contribution in [1.29, 1.82) is 0 Å². The zero-order valence-electron chi connectivity index (χ0n) is 5.32. The van der Waals surface area contributed by atoms with Crippen LogP contribution in [0.25, 0.3) is 11.5 Å². The summed E-state index contributed by atoms with van der Waals surface area (Å²) in [7, 11) is 0. The maximum Gasteiger partial charge on any atom is 0.259 e. The van der Waals surface area contributed by atoms with Gasteiger partial charge in [0.05, 0.1) is 5.56 Å². The zero-order chi connectivity index (χ0) is 7.68. The summed E-state index contributed by atoms with van der Waals surface area (Å²) in [6, 6.07) is 1.94. The largest absolute Gasteiger partial charge is 0.333 e. The first kappa shape index (κ1) is 7.00. The van der Waals surface area contributed by atoms with Crippen LogP contribution < -0.4 is 0 Å². The normalized spacial score (nSPS) is 10.3. The lowest BCUT2D eigenvalue weighted by atomic mass is 10.3. The fourth-order valence-corrected chi connectivity index (χ4v) is 1.57. The molecule has 0 aliphatic heterocycles. The van der Waals surface area contributed by atoms with Crippen LogP contribution in [0.4, 0.5) is 0 Å². The predicted molar refractivity (Wildman–Crippen MR) is 45.3 cm³/mol. The van der Waals surface area contributed by atoms with Gasteiger partial charge < -0.3 is 4.52 Å². The quantitative estimate of drug-likeness (QED) is 0.756. The van der Waals surface area contributed by atoms with Crippen LogP contribution in [0.3, 0.4) is 0 Å². The molecular formula is C6H3BrN2OS. The van der Waals surface area contributed by atoms with Crippen molar-refractivity contribution in [3.05, 3.63) is 21.6 Å². The van der Waals surface area contributed by atoms with E-state index in [9.17, 15) is 0 Å². The van der Waals surface area contributed by atoms with Crippen LogP contribution in [0.1, 0.15) is 0 Å². The van der Waals surface area contributed by atoms with Gasteiger partial charge in [-0.3, -0.25) is 0 Å². The highest BCUT2D eigenvalue weighted by Gasteiger charge is 2.05. The molecule has 0 aliphatic rings. The minimum atomic E-state index is 0.485. The van der Waals surface area contributed by atoms with Gasteiger partial charge in [-0.25, -0.2) is 0 Å². The molecule has 0 spiro atoms. The minimum Gasteiger partial charge on any atom is -0.333 e. The summed E-state index contributed by atoms with van der Waals surface area (Å²) in [6.45, 7) is 0. The van der Waals surface area contributed by atoms with Gasteiger partial charge in [0.2, 0.25) is 4.73 Å². The molecule has 2 aromatic heterocycles. The molecule has 0 N–H and O–H groups in total. The Morgan fingerprint density at radius 2 is 2.45 bits per heavy atom. The van der Waals surface area contributed by atoms with Crippen LogP contribution >= 0.6 is 27.3 Å². The van der Waals surface area contributed by atoms with Crippen molar-refractivity contribution in [3.8, 4) is 11.5 Å². The van der Waals surface area contributed by atoms with Crippen LogP contribution in [-0.2, 0) is 0 Å². The lowest BCUT2D eigenvalue weighted by Crippen LogP contribution is -1.69. The maximum atomic E-state index is 4.91. The molecule has 0 saturated carbocycles. The molecule has 0 radical (unpaired) electrons. The third-order valence-corrected chi connectivity index (χ3v) is 2.17. The highest BCUT2D eigenvalue weighted by molar-refractivity contribution is 9.10. The Morgan fingerprint density at radius 1 is 1.55 bits per heavy atom. The Kier molecular flexibility index (Phi) is 1.75. The zero-order valence-corrected chi connectivity index (χ0v) is 7.72. The number of thiophene rings is 1. The summed E-state index contributed by atoms with van der Waals surface area (Å²) in [6.07, 6.45) is 0. The molecule has 3 nitrogen and oxygen atoms in total. The van der Waals surface area contributed by atoms with Crippen LogP contribution in [-0.4, -0.2) is 10.1 Å². The van der Waals surface area contributed by atoms with Gasteiger partial charge in [-0.05, 0) is 32.5 Å². The standard InChI is InChI=1S/C6H3BrN2OS/c7-6-8-5(10-9-6)4-1-2-11-3-4/h1-3H. The van der Waals surface area contributed by atoms with E-state index in [0.717, 1.165) is 5.56 Å². The topological polar surface area (TPSA) is 38.9 Å². The van der Waals surface area contributed by atoms with E-state index in [1.807, 2.05) is 16.8 Å². The van der Waals surface area contributed by atoms with E-state index in [1.54, 1.807) is 11.3 Å². The molecule has 0 bridgehead atoms. The summed E-state index contributed by atoms with van der Waals surface area (Å²) < 4.78 is 5.39. The van der Waals surface area contributed by atoms with Gasteiger partial charge in [-0.2, -0.15) is 16.3 Å². The molecule has 11 heavy (non-hydrogen) atoms. The van der Waals surface area contributed by atoms with Crippen molar-refractivity contribution in [2.24, 2.45) is 0 Å². The molecule has 2 heterocycles. The fourth-order valence-electron chi connectivity index (χ4n) is 0.709. The van der Waals surface area contributed by atoms with Gasteiger partial charge in [0.25, 0.3) is 5.89 Å². The molecule has 0 saturated heterocycles. The van der Waals surface area contributed by atoms with Crippen molar-refractivity contribution in [3.63, 3.8) is 0 Å². The molecule has 56 valence electrons. The second kappa shape index (κ2) is 2.75. The average Bonchev–Trinajstić information content (AvgIpc) is 2.55. The van der Waals surface area contributed by atoms with Crippen molar-refractivity contribution >= 4 is 27.3 Å². The Bertz CT molecular complexity index is 343. The summed E-state index contributed by atoms with van der Waals surface area (Å²) >= 11 is 4.71. The smallest absolute Gasteiger partial charge is 0.259 e. The van der Waals surface area contributed by atoms with Crippen LogP contribution in [0, 0.1) is 0 Å². The Balaban J connectivity index is 2.45. The van der Waals surface area contributed by atoms with E-state index in [4.69, 9.17) is 4.52 Å². The van der Waals surface area contributed by atoms with Gasteiger partial charge in [-0.15, -0.1) is 0 Å². The first-order valence-electron chi connectivity index (χ1n) is 2.88. The summed E-state index contributed by atoms with van der Waals surface area (Å²) in [5, 5.41) is 7.53. The van der Waals surface area contributed by atoms with Crippen LogP contribution in [0.5, 0.6) is 0 Å². The minimum absolute atomic E-state index is 0.485. The average molecular weight is 231 g/mol. The first-order valence-corrected chi connectivity index (χ1v) is 4.61. The Morgan fingerprint density at radius 3 is 3.00 bits per heavy atom. The molecule has 2 aromatic rings. The van der Waals surface area contributed by atoms with Crippen molar-refractivity contribution in [2.75, 3.05) is 0 Å². The lowest BCUT2D eigenvalue weighted by Gasteiger charge is -1.81. The molecule has 0 aromatic carbocycles. The van der Waals surface area contributed by atoms with Gasteiger partial charge in [0, 0.05) is 5.38 Å². The van der Waals surface area contributed by atoms with E-state index in [-0.39, 0.29) is 0 Å². The van der Waals surface area contributed by atoms with E-state index in [1.165, 1.54) is 0 Å². The third-order valence-electron chi connectivity index (χ3n) is 1.17. The summed E-state index contributed by atoms with van der Waals surface area (Å²) in [4.78, 5) is 4.00. The van der Waals surface area contributed by atoms with Crippen molar-refractivity contribution in [1.82, 2.24) is 10.1 Å². The van der Waals surface area contributed by atoms with E-state index >= 15 is 0 Å². The molecular weight excluding hydrogens is 228 g/mol. The monoisotopic (exact) mass is 230 g/mol. The van der Waals surface area contributed by atoms with Crippen LogP contribution in [0.15, 0.2) is 26.1 Å². The number of hydrogen-bond donors (Lipinski definition) is 0. The Hall–Kier alpha value is -0.680. The number of nitrogens with zero attached hydrogens (tertiary/aromatic N) is 2. The van der Waals surface area contributed by atoms with E-state index in [0.29, 0.717) is 10.6 Å². The number of halogens is 1. The summed E-state index contributed by atoms with van der Waals surface area (Å²) in [5.41, 5.74) is 0.966. The van der Waals surface area contributed by atoms with Crippen molar-refractivity contribution in [2.45, 2.75) is 0 Å². The van der Waals surface area contributed by atoms with E-state index < -0.39 is 0 Å². The molecule has 0 aliphatic carbocycles. The first-order chi connectivity index (χ1) is 5.36. The summed E-state index contributed by atoms with van der Waals surface area (Å²) in [5.74, 6) is 0.554. The fraction of sp³-hybridized carbons (Fsp3) is 0. The van der Waals surface area contributed by atoms with Gasteiger partial charge in [-0.1, -0.05) is 0 Å². The number of aromatic nitrogens is 2. The van der Waals surface area contributed by atoms with Crippen molar-refractivity contribution < 1.29 is 4.52 Å². The molecule has 0 unspecified atom stereocenters. The second-order valence-electron chi connectivity index (χ2n) is 1.88. The van der Waals surface area contributed by atoms with E-state index in [2.05, 4.69) is 26.1 Å². The highest BCUT2D eigenvalue weighted by Crippen LogP contribution is 2.20. The molecule has 0 fully saturated rings.